The fourth-order valence-electron chi connectivity index (χ4n) is 3.77. The Morgan fingerprint density at radius 2 is 2.00 bits per heavy atom. The number of likely N-dealkylation sites (tertiary alicyclic amines) is 1. The van der Waals surface area contributed by atoms with Crippen LogP contribution in [0.5, 0.6) is 5.75 Å². The first-order chi connectivity index (χ1) is 12.3. The average molecular weight is 361 g/mol. The van der Waals surface area contributed by atoms with Crippen molar-refractivity contribution >= 4 is 5.91 Å². The number of hydrogen-bond acceptors (Lipinski definition) is 3. The zero-order valence-corrected chi connectivity index (χ0v) is 17.2. The predicted molar refractivity (Wildman–Crippen MR) is 108 cm³/mol. The Balaban J connectivity index is 1.73. The number of rotatable bonds is 8. The monoisotopic (exact) mass is 360 g/mol. The third-order valence-electron chi connectivity index (χ3n) is 5.37. The van der Waals surface area contributed by atoms with Gasteiger partial charge in [0.1, 0.15) is 5.75 Å². The van der Waals surface area contributed by atoms with Crippen LogP contribution in [0.25, 0.3) is 0 Å². The van der Waals surface area contributed by atoms with E-state index in [1.165, 1.54) is 24.0 Å². The summed E-state index contributed by atoms with van der Waals surface area (Å²) in [4.78, 5) is 14.9. The van der Waals surface area contributed by atoms with E-state index in [-0.39, 0.29) is 11.4 Å². The highest BCUT2D eigenvalue weighted by molar-refractivity contribution is 5.76. The number of ether oxygens (including phenoxy) is 1. The molecule has 0 radical (unpaired) electrons. The lowest BCUT2D eigenvalue weighted by Gasteiger charge is -2.37. The zero-order chi connectivity index (χ0) is 19.2. The molecule has 1 aromatic carbocycles. The molecule has 0 spiro atoms. The summed E-state index contributed by atoms with van der Waals surface area (Å²) in [5.74, 6) is 1.88. The van der Waals surface area contributed by atoms with Gasteiger partial charge in [0.05, 0.1) is 7.11 Å². The summed E-state index contributed by atoms with van der Waals surface area (Å²) in [6.45, 7) is 11.9. The number of nitrogens with one attached hydrogen (secondary N) is 1. The van der Waals surface area contributed by atoms with Crippen molar-refractivity contribution < 1.29 is 9.53 Å². The van der Waals surface area contributed by atoms with E-state index in [0.29, 0.717) is 6.42 Å². The number of amides is 1. The van der Waals surface area contributed by atoms with Crippen LogP contribution in [0.3, 0.4) is 0 Å². The van der Waals surface area contributed by atoms with E-state index in [0.717, 1.165) is 44.1 Å². The van der Waals surface area contributed by atoms with Crippen LogP contribution >= 0.6 is 0 Å². The molecule has 1 heterocycles. The van der Waals surface area contributed by atoms with Crippen LogP contribution in [-0.4, -0.2) is 43.1 Å². The van der Waals surface area contributed by atoms with E-state index in [4.69, 9.17) is 4.74 Å². The van der Waals surface area contributed by atoms with Crippen LogP contribution in [-0.2, 0) is 11.2 Å². The van der Waals surface area contributed by atoms with E-state index < -0.39 is 0 Å². The number of piperidine rings is 1. The highest BCUT2D eigenvalue weighted by Gasteiger charge is 2.25. The minimum atomic E-state index is -0.173. The van der Waals surface area contributed by atoms with Crippen molar-refractivity contribution in [2.45, 2.75) is 65.3 Å². The largest absolute Gasteiger partial charge is 0.497 e. The van der Waals surface area contributed by atoms with Crippen LogP contribution in [0.1, 0.15) is 57.6 Å². The first-order valence-corrected chi connectivity index (χ1v) is 9.96. The molecule has 1 aliphatic rings. The van der Waals surface area contributed by atoms with Crippen molar-refractivity contribution in [3.05, 3.63) is 29.3 Å². The lowest BCUT2D eigenvalue weighted by Crippen LogP contribution is -2.52. The maximum absolute atomic E-state index is 12.4. The molecule has 1 amide bonds. The molecule has 1 N–H and O–H groups in total. The van der Waals surface area contributed by atoms with Crippen LogP contribution in [0.15, 0.2) is 18.2 Å². The van der Waals surface area contributed by atoms with Gasteiger partial charge in [-0.3, -0.25) is 4.79 Å². The topological polar surface area (TPSA) is 41.6 Å². The second kappa shape index (κ2) is 9.40. The third kappa shape index (κ3) is 6.64. The Morgan fingerprint density at radius 1 is 1.31 bits per heavy atom. The minimum Gasteiger partial charge on any atom is -0.497 e. The van der Waals surface area contributed by atoms with Gasteiger partial charge in [0.15, 0.2) is 0 Å². The molecule has 1 saturated heterocycles. The summed E-state index contributed by atoms with van der Waals surface area (Å²) in [6, 6.07) is 6.15. The van der Waals surface area contributed by atoms with Crippen molar-refractivity contribution in [1.29, 1.82) is 0 Å². The van der Waals surface area contributed by atoms with E-state index in [1.54, 1.807) is 7.11 Å². The van der Waals surface area contributed by atoms with Gasteiger partial charge in [0.2, 0.25) is 5.91 Å². The SMILES string of the molecule is COc1ccc(CCCC(=O)NC(C)(C)CN2CCC(C)CC2)c(C)c1. The van der Waals surface area contributed by atoms with Gasteiger partial charge in [-0.2, -0.15) is 0 Å². The van der Waals surface area contributed by atoms with E-state index >= 15 is 0 Å². The standard InChI is InChI=1S/C22H36N2O2/c1-17-11-13-24(14-12-17)16-22(3,4)23-21(25)8-6-7-19-9-10-20(26-5)15-18(19)2/h9-10,15,17H,6-8,11-14,16H2,1-5H3,(H,23,25). The smallest absolute Gasteiger partial charge is 0.220 e. The van der Waals surface area contributed by atoms with E-state index in [2.05, 4.69) is 50.0 Å². The summed E-state index contributed by atoms with van der Waals surface area (Å²) in [5, 5.41) is 3.23. The second-order valence-electron chi connectivity index (χ2n) is 8.54. The van der Waals surface area contributed by atoms with Gasteiger partial charge < -0.3 is 15.0 Å². The van der Waals surface area contributed by atoms with Crippen molar-refractivity contribution in [3.8, 4) is 5.75 Å². The Kier molecular flexibility index (Phi) is 7.51. The number of hydrogen-bond donors (Lipinski definition) is 1. The highest BCUT2D eigenvalue weighted by atomic mass is 16.5. The van der Waals surface area contributed by atoms with E-state index in [9.17, 15) is 4.79 Å². The van der Waals surface area contributed by atoms with Crippen LogP contribution < -0.4 is 10.1 Å². The number of aryl methyl sites for hydroxylation is 2. The summed E-state index contributed by atoms with van der Waals surface area (Å²) in [7, 11) is 1.69. The minimum absolute atomic E-state index is 0.159. The lowest BCUT2D eigenvalue weighted by atomic mass is 9.96. The molecule has 1 fully saturated rings. The van der Waals surface area contributed by atoms with Gasteiger partial charge in [-0.25, -0.2) is 0 Å². The maximum Gasteiger partial charge on any atom is 0.220 e. The van der Waals surface area contributed by atoms with Gasteiger partial charge >= 0.3 is 0 Å². The van der Waals surface area contributed by atoms with Gasteiger partial charge in [-0.1, -0.05) is 13.0 Å². The number of benzene rings is 1. The van der Waals surface area contributed by atoms with E-state index in [1.807, 2.05) is 6.07 Å². The number of carbonyl (C=O) groups excluding carboxylic acids is 1. The molecule has 0 unspecified atom stereocenters. The zero-order valence-electron chi connectivity index (χ0n) is 17.2. The van der Waals surface area contributed by atoms with Gasteiger partial charge in [0.25, 0.3) is 0 Å². The molecule has 1 aliphatic heterocycles. The Labute approximate surface area is 159 Å². The molecular weight excluding hydrogens is 324 g/mol. The molecule has 4 heteroatoms. The molecule has 26 heavy (non-hydrogen) atoms. The Bertz CT molecular complexity index is 590. The Morgan fingerprint density at radius 3 is 2.62 bits per heavy atom. The second-order valence-corrected chi connectivity index (χ2v) is 8.54. The maximum atomic E-state index is 12.4. The van der Waals surface area contributed by atoms with Crippen LogP contribution in [0.4, 0.5) is 0 Å². The predicted octanol–water partition coefficient (Wildman–Crippen LogP) is 3.95. The third-order valence-corrected chi connectivity index (χ3v) is 5.37. The Hall–Kier alpha value is -1.55. The first kappa shape index (κ1) is 20.8. The van der Waals surface area contributed by atoms with Crippen molar-refractivity contribution in [1.82, 2.24) is 10.2 Å². The fourth-order valence-corrected chi connectivity index (χ4v) is 3.77. The van der Waals surface area contributed by atoms with Crippen molar-refractivity contribution in [3.63, 3.8) is 0 Å². The van der Waals surface area contributed by atoms with Gasteiger partial charge in [-0.05, 0) is 88.7 Å². The molecule has 2 rings (SSSR count). The molecule has 0 atom stereocenters. The number of nitrogens with zero attached hydrogens (tertiary/aromatic N) is 1. The number of carbonyl (C=O) groups is 1. The summed E-state index contributed by atoms with van der Waals surface area (Å²) >= 11 is 0. The summed E-state index contributed by atoms with van der Waals surface area (Å²) in [6.07, 6.45) is 4.91. The van der Waals surface area contributed by atoms with Crippen molar-refractivity contribution in [2.24, 2.45) is 5.92 Å². The molecule has 0 saturated carbocycles. The van der Waals surface area contributed by atoms with Gasteiger partial charge in [-0.15, -0.1) is 0 Å². The quantitative estimate of drug-likeness (QED) is 0.763. The molecule has 4 nitrogen and oxygen atoms in total. The lowest BCUT2D eigenvalue weighted by molar-refractivity contribution is -0.123. The molecular formula is C22H36N2O2. The highest BCUT2D eigenvalue weighted by Crippen LogP contribution is 2.20. The summed E-state index contributed by atoms with van der Waals surface area (Å²) < 4.78 is 5.25. The molecule has 146 valence electrons. The fraction of sp³-hybridized carbons (Fsp3) is 0.682. The normalized spacial score (nSPS) is 16.5. The molecule has 1 aromatic rings. The van der Waals surface area contributed by atoms with Crippen LogP contribution in [0, 0.1) is 12.8 Å². The molecule has 0 aromatic heterocycles. The first-order valence-electron chi connectivity index (χ1n) is 9.96. The number of methoxy groups -OCH3 is 1. The van der Waals surface area contributed by atoms with Gasteiger partial charge in [0, 0.05) is 18.5 Å². The van der Waals surface area contributed by atoms with Crippen LogP contribution in [0.2, 0.25) is 0 Å². The summed E-state index contributed by atoms with van der Waals surface area (Å²) in [5.41, 5.74) is 2.35. The van der Waals surface area contributed by atoms with Crippen molar-refractivity contribution in [2.75, 3.05) is 26.7 Å². The average Bonchev–Trinajstić information content (AvgIpc) is 2.57. The molecule has 0 bridgehead atoms. The molecule has 0 aliphatic carbocycles.